The third kappa shape index (κ3) is 12.2. The molecular formula is C45H48Cl3N15O3. The Balaban J connectivity index is 1.20. The number of halogens is 3. The number of benzene rings is 3. The molecule has 66 heavy (non-hydrogen) atoms. The highest BCUT2D eigenvalue weighted by Gasteiger charge is 2.19. The lowest BCUT2D eigenvalue weighted by molar-refractivity contribution is 0.284. The number of hydrogen-bond donors (Lipinski definition) is 0. The van der Waals surface area contributed by atoms with Crippen molar-refractivity contribution < 1.29 is 14.2 Å². The molecule has 4 aromatic heterocycles. The molecule has 0 saturated heterocycles. The van der Waals surface area contributed by atoms with E-state index < -0.39 is 0 Å². The molecule has 3 aromatic carbocycles. The fourth-order valence-corrected chi connectivity index (χ4v) is 6.59. The maximum absolute atomic E-state index is 6.27. The molecule has 0 aliphatic rings. The minimum absolute atomic E-state index is 0.0350. The van der Waals surface area contributed by atoms with Crippen LogP contribution in [-0.2, 0) is 0 Å². The number of nitrogens with zero attached hydrogens (tertiary/aromatic N) is 15. The summed E-state index contributed by atoms with van der Waals surface area (Å²) in [6, 6.07) is 23.6. The topological polar surface area (TPSA) is 192 Å². The maximum Gasteiger partial charge on any atom is 0.322 e. The third-order valence-corrected chi connectivity index (χ3v) is 10.5. The lowest BCUT2D eigenvalue weighted by Crippen LogP contribution is -2.15. The van der Waals surface area contributed by atoms with E-state index in [0.29, 0.717) is 55.1 Å². The van der Waals surface area contributed by atoms with Gasteiger partial charge in [0, 0.05) is 54.9 Å². The molecular weight excluding hydrogens is 905 g/mol. The Hall–Kier alpha value is -6.63. The van der Waals surface area contributed by atoms with Crippen LogP contribution in [0.3, 0.4) is 0 Å². The van der Waals surface area contributed by atoms with Gasteiger partial charge >= 0.3 is 18.0 Å². The Bertz CT molecular complexity index is 2400. The normalized spacial score (nSPS) is 11.0. The van der Waals surface area contributed by atoms with E-state index in [4.69, 9.17) is 64.0 Å². The van der Waals surface area contributed by atoms with E-state index in [1.54, 1.807) is 14.7 Å². The van der Waals surface area contributed by atoms with E-state index in [0.717, 1.165) is 72.3 Å². The summed E-state index contributed by atoms with van der Waals surface area (Å²) in [4.78, 5) is 59.1. The van der Waals surface area contributed by atoms with E-state index in [-0.39, 0.29) is 33.9 Å². The summed E-state index contributed by atoms with van der Waals surface area (Å²) in [6.07, 6.45) is 5.51. The average molecular weight is 953 g/mol. The maximum atomic E-state index is 6.27. The van der Waals surface area contributed by atoms with Gasteiger partial charge in [-0.15, -0.1) is 0 Å². The Kier molecular flexibility index (Phi) is 16.1. The van der Waals surface area contributed by atoms with Crippen LogP contribution in [0.4, 0.5) is 34.9 Å². The number of hydrogen-bond acceptors (Lipinski definition) is 18. The van der Waals surface area contributed by atoms with Crippen LogP contribution in [0.15, 0.2) is 72.8 Å². The van der Waals surface area contributed by atoms with Crippen molar-refractivity contribution in [3.63, 3.8) is 0 Å². The highest BCUT2D eigenvalue weighted by atomic mass is 35.5. The van der Waals surface area contributed by atoms with Crippen molar-refractivity contribution in [3.8, 4) is 52.2 Å². The lowest BCUT2D eigenvalue weighted by atomic mass is 10.1. The fraction of sp³-hybridized carbons (Fsp3) is 0.333. The second-order valence-corrected chi connectivity index (χ2v) is 15.8. The van der Waals surface area contributed by atoms with Crippen LogP contribution >= 0.6 is 34.8 Å². The molecule has 0 aliphatic heterocycles. The molecule has 21 heteroatoms. The molecule has 0 fully saturated rings. The largest absolute Gasteiger partial charge is 0.463 e. The average Bonchev–Trinajstić information content (AvgIpc) is 3.33. The minimum Gasteiger partial charge on any atom is -0.463 e. The van der Waals surface area contributed by atoms with Crippen LogP contribution < -0.4 is 28.9 Å². The van der Waals surface area contributed by atoms with Crippen molar-refractivity contribution in [1.82, 2.24) is 59.8 Å². The smallest absolute Gasteiger partial charge is 0.322 e. The number of rotatable bonds is 21. The quantitative estimate of drug-likeness (QED) is 0.0617. The van der Waals surface area contributed by atoms with Crippen molar-refractivity contribution in [1.29, 1.82) is 0 Å². The molecule has 0 radical (unpaired) electrons. The summed E-state index contributed by atoms with van der Waals surface area (Å²) < 4.78 is 17.1. The van der Waals surface area contributed by atoms with E-state index in [2.05, 4.69) is 65.6 Å². The second-order valence-electron chi connectivity index (χ2n) is 14.8. The number of unbranched alkanes of at least 4 members (excludes halogenated alkanes) is 3. The van der Waals surface area contributed by atoms with Crippen molar-refractivity contribution in [2.45, 2.75) is 59.3 Å². The van der Waals surface area contributed by atoms with Crippen LogP contribution in [-0.4, -0.2) is 101 Å². The van der Waals surface area contributed by atoms with Gasteiger partial charge in [-0.3, -0.25) is 0 Å². The van der Waals surface area contributed by atoms with Crippen LogP contribution in [0.5, 0.6) is 18.0 Å². The van der Waals surface area contributed by atoms with Gasteiger partial charge < -0.3 is 28.9 Å². The number of anilines is 6. The Labute approximate surface area is 397 Å². The van der Waals surface area contributed by atoms with Gasteiger partial charge in [0.05, 0.1) is 19.8 Å². The van der Waals surface area contributed by atoms with Crippen molar-refractivity contribution in [2.24, 2.45) is 0 Å². The van der Waals surface area contributed by atoms with Crippen LogP contribution in [0.2, 0.25) is 15.9 Å². The lowest BCUT2D eigenvalue weighted by Gasteiger charge is -2.19. The molecule has 18 nitrogen and oxygen atoms in total. The molecule has 7 aromatic rings. The third-order valence-electron chi connectivity index (χ3n) is 9.99. The molecule has 0 saturated carbocycles. The Morgan fingerprint density at radius 2 is 0.621 bits per heavy atom. The Morgan fingerprint density at radius 1 is 0.364 bits per heavy atom. The van der Waals surface area contributed by atoms with Gasteiger partial charge in [0.25, 0.3) is 0 Å². The van der Waals surface area contributed by atoms with Crippen molar-refractivity contribution in [3.05, 3.63) is 88.6 Å². The predicted molar refractivity (Wildman–Crippen MR) is 256 cm³/mol. The van der Waals surface area contributed by atoms with Crippen LogP contribution in [0, 0.1) is 0 Å². The fourth-order valence-electron chi connectivity index (χ4n) is 6.14. The van der Waals surface area contributed by atoms with Gasteiger partial charge in [-0.1, -0.05) is 40.0 Å². The number of ether oxygens (including phenoxy) is 3. The predicted octanol–water partition coefficient (Wildman–Crippen LogP) is 10.2. The molecule has 7 rings (SSSR count). The summed E-state index contributed by atoms with van der Waals surface area (Å²) in [5.74, 6) is 2.36. The van der Waals surface area contributed by atoms with Gasteiger partial charge in [0.2, 0.25) is 33.7 Å². The van der Waals surface area contributed by atoms with Crippen LogP contribution in [0.25, 0.3) is 34.2 Å². The molecule has 0 bridgehead atoms. The SMILES string of the molecule is CCCCOc1nc(Cl)nc(N(C)c2ccc(-c3nc(-c4ccc(N(C)c5nc(Cl)nc(OCCCC)n5)cc4)nc(-c4ccc(N(C)c5nc(Cl)nc(OCCCC)n5)cc4)n3)cc2)n1. The summed E-state index contributed by atoms with van der Waals surface area (Å²) in [6.45, 7) is 7.67. The number of aromatic nitrogens is 12. The summed E-state index contributed by atoms with van der Waals surface area (Å²) in [7, 11) is 5.51. The zero-order valence-electron chi connectivity index (χ0n) is 37.4. The molecule has 0 spiro atoms. The molecule has 0 aliphatic carbocycles. The first-order valence-corrected chi connectivity index (χ1v) is 22.6. The molecule has 342 valence electrons. The van der Waals surface area contributed by atoms with Crippen molar-refractivity contribution in [2.75, 3.05) is 55.7 Å². The zero-order valence-corrected chi connectivity index (χ0v) is 39.6. The van der Waals surface area contributed by atoms with E-state index in [1.165, 1.54) is 0 Å². The minimum atomic E-state index is 0.0350. The van der Waals surface area contributed by atoms with Crippen LogP contribution in [0.1, 0.15) is 59.3 Å². The van der Waals surface area contributed by atoms with E-state index >= 15 is 0 Å². The summed E-state index contributed by atoms with van der Waals surface area (Å²) in [5.41, 5.74) is 4.59. The molecule has 0 N–H and O–H groups in total. The van der Waals surface area contributed by atoms with Gasteiger partial charge in [0.15, 0.2) is 17.5 Å². The zero-order chi connectivity index (χ0) is 46.6. The molecule has 0 unspecified atom stereocenters. The molecule has 4 heterocycles. The van der Waals surface area contributed by atoms with Gasteiger partial charge in [0.1, 0.15) is 0 Å². The van der Waals surface area contributed by atoms with E-state index in [9.17, 15) is 0 Å². The highest BCUT2D eigenvalue weighted by molar-refractivity contribution is 6.28. The first-order valence-electron chi connectivity index (χ1n) is 21.4. The summed E-state index contributed by atoms with van der Waals surface area (Å²) in [5, 5.41) is 0.105. The molecule has 0 amide bonds. The van der Waals surface area contributed by atoms with E-state index in [1.807, 2.05) is 93.9 Å². The summed E-state index contributed by atoms with van der Waals surface area (Å²) >= 11 is 18.8. The van der Waals surface area contributed by atoms with Crippen molar-refractivity contribution >= 4 is 69.7 Å². The van der Waals surface area contributed by atoms with Gasteiger partial charge in [-0.05, 0) is 127 Å². The van der Waals surface area contributed by atoms with Gasteiger partial charge in [-0.25, -0.2) is 15.0 Å². The second kappa shape index (κ2) is 22.5. The molecule has 0 atom stereocenters. The highest BCUT2D eigenvalue weighted by Crippen LogP contribution is 2.32. The first kappa shape index (κ1) is 47.3. The first-order chi connectivity index (χ1) is 32.0. The standard InChI is InChI=1S/C45H48Cl3N15O3/c1-7-10-25-64-43-55-37(46)52-40(58-43)61(4)31-19-13-28(14-20-31)34-49-35(29-15-21-32(22-16-29)62(5)41-53-38(47)56-44(59-41)65-26-11-8-2)51-36(50-34)30-17-23-33(24-18-30)63(6)42-54-39(48)57-45(60-42)66-27-12-9-3/h13-24H,7-12,25-27H2,1-6H3. The Morgan fingerprint density at radius 3 is 0.864 bits per heavy atom. The van der Waals surface area contributed by atoms with Gasteiger partial charge in [-0.2, -0.15) is 44.9 Å². The monoisotopic (exact) mass is 951 g/mol.